The van der Waals surface area contributed by atoms with Crippen LogP contribution in [0.4, 0.5) is 0 Å². The molecule has 1 aliphatic carbocycles. The lowest BCUT2D eigenvalue weighted by atomic mass is 9.84. The highest BCUT2D eigenvalue weighted by Crippen LogP contribution is 2.35. The third-order valence-electron chi connectivity index (χ3n) is 10.0. The van der Waals surface area contributed by atoms with Gasteiger partial charge in [-0.1, -0.05) is 30.3 Å². The number of benzene rings is 1. The molecule has 20 heteroatoms. The molecule has 298 valence electrons. The summed E-state index contributed by atoms with van der Waals surface area (Å²) >= 11 is 0. The van der Waals surface area contributed by atoms with Crippen LogP contribution in [0.5, 0.6) is 0 Å². The molecular formula is C32H56N6O14. The number of nitrogens with one attached hydrogen (secondary N) is 1. The maximum atomic E-state index is 11.3. The van der Waals surface area contributed by atoms with E-state index in [1.165, 1.54) is 0 Å². The molecule has 1 aromatic carbocycles. The van der Waals surface area contributed by atoms with Crippen LogP contribution in [0.1, 0.15) is 12.0 Å². The molecule has 0 amide bonds. The molecule has 1 saturated carbocycles. The van der Waals surface area contributed by atoms with Gasteiger partial charge < -0.3 is 103 Å². The third kappa shape index (κ3) is 9.44. The highest BCUT2D eigenvalue weighted by molar-refractivity contribution is 5.14. The van der Waals surface area contributed by atoms with Gasteiger partial charge in [-0.05, 0) is 24.9 Å². The van der Waals surface area contributed by atoms with Crippen LogP contribution in [-0.2, 0) is 39.6 Å². The van der Waals surface area contributed by atoms with Crippen molar-refractivity contribution in [3.05, 3.63) is 35.9 Å². The summed E-state index contributed by atoms with van der Waals surface area (Å²) in [5.41, 5.74) is 32.0. The largest absolute Gasteiger partial charge is 0.394 e. The molecule has 5 rings (SSSR count). The molecule has 0 spiro atoms. The van der Waals surface area contributed by atoms with Crippen molar-refractivity contribution in [2.45, 2.75) is 129 Å². The monoisotopic (exact) mass is 748 g/mol. The van der Waals surface area contributed by atoms with Gasteiger partial charge in [-0.3, -0.25) is 0 Å². The standard InChI is InChI=1S/C32H56N6O14/c33-14-10-15(34)25(49-30-18(35)22(43)21(42)16(11-39)47-30)27(20(14)41)51-32-28(46-9-8-38-7-6-13-4-2-1-3-5-13)26(17(12-40)48-32)50-31-19(36)23(44)24(45)29(37)52-31/h1-5,14-32,38-45H,6-12,33-37H2. The van der Waals surface area contributed by atoms with E-state index in [0.717, 1.165) is 12.0 Å². The number of aliphatic hydroxyl groups excluding tert-OH is 7. The molecule has 18 N–H and O–H groups in total. The molecule has 0 aromatic heterocycles. The van der Waals surface area contributed by atoms with Gasteiger partial charge in [0, 0.05) is 18.6 Å². The number of aliphatic hydroxyl groups is 7. The summed E-state index contributed by atoms with van der Waals surface area (Å²) < 4.78 is 42.1. The highest BCUT2D eigenvalue weighted by atomic mass is 16.8. The minimum absolute atomic E-state index is 0.0820. The predicted octanol–water partition coefficient (Wildman–Crippen LogP) is -7.05. The fourth-order valence-corrected chi connectivity index (χ4v) is 6.89. The van der Waals surface area contributed by atoms with E-state index in [4.69, 9.17) is 61.8 Å². The van der Waals surface area contributed by atoms with E-state index in [1.54, 1.807) is 0 Å². The highest BCUT2D eigenvalue weighted by Gasteiger charge is 2.55. The second-order valence-corrected chi connectivity index (χ2v) is 13.7. The van der Waals surface area contributed by atoms with Crippen LogP contribution in [0.25, 0.3) is 0 Å². The molecule has 0 radical (unpaired) electrons. The molecule has 1 aromatic rings. The zero-order valence-corrected chi connectivity index (χ0v) is 28.7. The van der Waals surface area contributed by atoms with Crippen LogP contribution in [0.2, 0.25) is 0 Å². The Bertz CT molecular complexity index is 1220. The van der Waals surface area contributed by atoms with E-state index >= 15 is 0 Å². The Morgan fingerprint density at radius 1 is 0.615 bits per heavy atom. The molecule has 52 heavy (non-hydrogen) atoms. The van der Waals surface area contributed by atoms with E-state index in [2.05, 4.69) is 5.32 Å². The first-order valence-corrected chi connectivity index (χ1v) is 17.5. The van der Waals surface area contributed by atoms with Crippen molar-refractivity contribution in [3.8, 4) is 0 Å². The number of hydrogen-bond donors (Lipinski definition) is 13. The van der Waals surface area contributed by atoms with E-state index < -0.39 is 130 Å². The molecule has 3 saturated heterocycles. The first-order valence-electron chi connectivity index (χ1n) is 17.5. The number of nitrogens with two attached hydrogens (primary N) is 5. The minimum Gasteiger partial charge on any atom is -0.394 e. The molecule has 20 nitrogen and oxygen atoms in total. The van der Waals surface area contributed by atoms with E-state index in [9.17, 15) is 35.7 Å². The van der Waals surface area contributed by atoms with Gasteiger partial charge in [0.2, 0.25) is 0 Å². The van der Waals surface area contributed by atoms with E-state index in [1.807, 2.05) is 30.3 Å². The fraction of sp³-hybridized carbons (Fsp3) is 0.812. The summed E-state index contributed by atoms with van der Waals surface area (Å²) in [6.45, 7) is -0.123. The van der Waals surface area contributed by atoms with Crippen LogP contribution in [0, 0.1) is 0 Å². The smallest absolute Gasteiger partial charge is 0.187 e. The zero-order valence-electron chi connectivity index (χ0n) is 28.7. The Morgan fingerprint density at radius 2 is 1.21 bits per heavy atom. The Hall–Kier alpha value is -1.58. The lowest BCUT2D eigenvalue weighted by molar-refractivity contribution is -0.312. The molecule has 4 aliphatic rings. The molecule has 4 fully saturated rings. The SMILES string of the molecule is NC1CC(N)C(OC2OC(CO)C(O)C(O)C2N)C(OC2OC(CO)C(OC3OC(N)C(O)C(O)C3N)C2OCCNCCc2ccccc2)C1O. The Morgan fingerprint density at radius 3 is 1.88 bits per heavy atom. The van der Waals surface area contributed by atoms with Crippen molar-refractivity contribution in [3.63, 3.8) is 0 Å². The van der Waals surface area contributed by atoms with Crippen molar-refractivity contribution in [1.82, 2.24) is 5.32 Å². The Balaban J connectivity index is 1.34. The topological polar surface area (TPSA) is 348 Å². The van der Waals surface area contributed by atoms with Gasteiger partial charge in [0.25, 0.3) is 0 Å². The maximum Gasteiger partial charge on any atom is 0.187 e. The van der Waals surface area contributed by atoms with Gasteiger partial charge >= 0.3 is 0 Å². The molecule has 3 aliphatic heterocycles. The van der Waals surface area contributed by atoms with Crippen LogP contribution in [0.15, 0.2) is 30.3 Å². The second-order valence-electron chi connectivity index (χ2n) is 13.7. The average molecular weight is 749 g/mol. The molecule has 19 unspecified atom stereocenters. The average Bonchev–Trinajstić information content (AvgIpc) is 3.46. The summed E-state index contributed by atoms with van der Waals surface area (Å²) in [7, 11) is 0. The molecule has 19 atom stereocenters. The summed E-state index contributed by atoms with van der Waals surface area (Å²) in [6.07, 6.45) is -19.1. The fourth-order valence-electron chi connectivity index (χ4n) is 6.89. The van der Waals surface area contributed by atoms with E-state index in [0.29, 0.717) is 13.1 Å². The summed E-state index contributed by atoms with van der Waals surface area (Å²) in [5, 5.41) is 76.1. The van der Waals surface area contributed by atoms with Crippen LogP contribution in [-0.4, -0.2) is 185 Å². The summed E-state index contributed by atoms with van der Waals surface area (Å²) in [5.74, 6) is 0. The van der Waals surface area contributed by atoms with Gasteiger partial charge in [0.1, 0.15) is 67.3 Å². The van der Waals surface area contributed by atoms with Crippen molar-refractivity contribution < 1.29 is 68.9 Å². The molecular weight excluding hydrogens is 692 g/mol. The maximum absolute atomic E-state index is 11.3. The van der Waals surface area contributed by atoms with Crippen LogP contribution in [0.3, 0.4) is 0 Å². The van der Waals surface area contributed by atoms with Crippen LogP contribution < -0.4 is 34.0 Å². The van der Waals surface area contributed by atoms with Gasteiger partial charge in [-0.25, -0.2) is 0 Å². The second kappa shape index (κ2) is 18.8. The lowest BCUT2D eigenvalue weighted by Crippen LogP contribution is -2.68. The van der Waals surface area contributed by atoms with E-state index in [-0.39, 0.29) is 13.0 Å². The minimum atomic E-state index is -1.52. The normalized spacial score (nSPS) is 45.7. The van der Waals surface area contributed by atoms with Gasteiger partial charge in [-0.15, -0.1) is 0 Å². The molecule has 0 bridgehead atoms. The van der Waals surface area contributed by atoms with Crippen molar-refractivity contribution in [1.29, 1.82) is 0 Å². The molecule has 3 heterocycles. The summed E-state index contributed by atoms with van der Waals surface area (Å²) in [6, 6.07) is 5.63. The lowest BCUT2D eigenvalue weighted by Gasteiger charge is -2.47. The first-order chi connectivity index (χ1) is 24.9. The van der Waals surface area contributed by atoms with Gasteiger partial charge in [0.15, 0.2) is 18.9 Å². The van der Waals surface area contributed by atoms with Gasteiger partial charge in [0.05, 0.1) is 38.0 Å². The number of ether oxygens (including phenoxy) is 7. The van der Waals surface area contributed by atoms with Gasteiger partial charge in [-0.2, -0.15) is 0 Å². The number of rotatable bonds is 15. The van der Waals surface area contributed by atoms with Crippen molar-refractivity contribution in [2.75, 3.05) is 32.9 Å². The number of hydrogen-bond acceptors (Lipinski definition) is 20. The Labute approximate surface area is 301 Å². The quantitative estimate of drug-likeness (QED) is 0.0741. The zero-order chi connectivity index (χ0) is 37.7. The first kappa shape index (κ1) is 41.6. The van der Waals surface area contributed by atoms with Crippen molar-refractivity contribution in [2.24, 2.45) is 28.7 Å². The Kier molecular flexibility index (Phi) is 15.1. The van der Waals surface area contributed by atoms with Crippen molar-refractivity contribution >= 4 is 0 Å². The third-order valence-corrected chi connectivity index (χ3v) is 10.0. The predicted molar refractivity (Wildman–Crippen MR) is 178 cm³/mol. The summed E-state index contributed by atoms with van der Waals surface area (Å²) in [4.78, 5) is 0. The van der Waals surface area contributed by atoms with Crippen LogP contribution >= 0.6 is 0 Å².